The Hall–Kier alpha value is -4.27. The minimum absolute atomic E-state index is 0.112. The van der Waals surface area contributed by atoms with E-state index in [-0.39, 0.29) is 17.8 Å². The van der Waals surface area contributed by atoms with Crippen molar-refractivity contribution in [1.29, 1.82) is 0 Å². The van der Waals surface area contributed by atoms with Crippen molar-refractivity contribution in [3.63, 3.8) is 0 Å². The van der Waals surface area contributed by atoms with Gasteiger partial charge in [0.1, 0.15) is 5.82 Å². The molecule has 0 saturated carbocycles. The molecule has 3 heterocycles. The third kappa shape index (κ3) is 4.21. The van der Waals surface area contributed by atoms with Gasteiger partial charge in [0, 0.05) is 23.5 Å². The molecule has 2 aromatic heterocycles. The van der Waals surface area contributed by atoms with Crippen molar-refractivity contribution in [2.75, 3.05) is 19.0 Å². The molecule has 0 spiro atoms. The number of benzene rings is 2. The van der Waals surface area contributed by atoms with Gasteiger partial charge in [0.25, 0.3) is 5.95 Å². The number of aryl methyl sites for hydroxylation is 2. The van der Waals surface area contributed by atoms with Gasteiger partial charge in [-0.25, -0.2) is 4.98 Å². The zero-order valence-electron chi connectivity index (χ0n) is 20.1. The maximum Gasteiger partial charge on any atom is 0.272 e. The van der Waals surface area contributed by atoms with Crippen molar-refractivity contribution in [3.05, 3.63) is 71.0 Å². The molecule has 0 aliphatic carbocycles. The van der Waals surface area contributed by atoms with Crippen LogP contribution in [0, 0.1) is 13.8 Å². The molecular formula is C26H26N6O3. The van der Waals surface area contributed by atoms with E-state index >= 15 is 0 Å². The van der Waals surface area contributed by atoms with Crippen LogP contribution in [0.4, 0.5) is 5.82 Å². The number of aromatic nitrogens is 5. The van der Waals surface area contributed by atoms with Crippen LogP contribution < -0.4 is 14.8 Å². The second-order valence-electron chi connectivity index (χ2n) is 8.42. The normalized spacial score (nSPS) is 14.9. The average Bonchev–Trinajstić information content (AvgIpc) is 3.20. The first-order valence-corrected chi connectivity index (χ1v) is 11.5. The molecule has 0 unspecified atom stereocenters. The highest BCUT2D eigenvalue weighted by atomic mass is 16.5. The van der Waals surface area contributed by atoms with E-state index in [0.717, 1.165) is 27.9 Å². The quantitative estimate of drug-likeness (QED) is 0.450. The zero-order valence-corrected chi connectivity index (χ0v) is 20.1. The van der Waals surface area contributed by atoms with Gasteiger partial charge in [-0.05, 0) is 38.5 Å². The van der Waals surface area contributed by atoms with E-state index in [2.05, 4.69) is 20.5 Å². The Balaban J connectivity index is 1.58. The Morgan fingerprint density at radius 2 is 1.91 bits per heavy atom. The lowest BCUT2D eigenvalue weighted by Crippen LogP contribution is -2.25. The molecule has 4 aromatic rings. The number of methoxy groups -OCH3 is 1. The van der Waals surface area contributed by atoms with E-state index in [1.165, 1.54) is 0 Å². The Morgan fingerprint density at radius 3 is 2.66 bits per heavy atom. The number of carbonyl (C=O) groups is 1. The summed E-state index contributed by atoms with van der Waals surface area (Å²) in [6.45, 7) is 6.41. The molecular weight excluding hydrogens is 444 g/mol. The third-order valence-electron chi connectivity index (χ3n) is 6.08. The van der Waals surface area contributed by atoms with Crippen LogP contribution >= 0.6 is 0 Å². The van der Waals surface area contributed by atoms with Gasteiger partial charge in [-0.15, -0.1) is 5.10 Å². The van der Waals surface area contributed by atoms with Gasteiger partial charge in [0.2, 0.25) is 5.91 Å². The van der Waals surface area contributed by atoms with Crippen LogP contribution in [-0.4, -0.2) is 44.6 Å². The van der Waals surface area contributed by atoms with Crippen LogP contribution in [-0.2, 0) is 4.79 Å². The molecule has 9 nitrogen and oxygen atoms in total. The summed E-state index contributed by atoms with van der Waals surface area (Å²) in [6.07, 6.45) is 1.91. The van der Waals surface area contributed by atoms with Crippen molar-refractivity contribution in [2.45, 2.75) is 33.1 Å². The summed E-state index contributed by atoms with van der Waals surface area (Å²) < 4.78 is 12.8. The molecule has 178 valence electrons. The molecule has 9 heteroatoms. The molecule has 0 radical (unpaired) electrons. The lowest BCUT2D eigenvalue weighted by atomic mass is 9.85. The van der Waals surface area contributed by atoms with Crippen molar-refractivity contribution >= 4 is 11.7 Å². The highest BCUT2D eigenvalue weighted by Gasteiger charge is 2.33. The molecule has 1 aliphatic rings. The predicted octanol–water partition coefficient (Wildman–Crippen LogP) is 4.22. The second kappa shape index (κ2) is 9.17. The molecule has 2 aromatic carbocycles. The minimum atomic E-state index is -0.203. The van der Waals surface area contributed by atoms with E-state index in [9.17, 15) is 4.79 Å². The molecule has 1 aliphatic heterocycles. The SMILES string of the molecule is CCOc1ccc([C@@H]2CC(=O)Nc3c2c(C)nn3-c2nncc(-c3ccc(C)cc3)n2)cc1OC. The maximum atomic E-state index is 12.8. The summed E-state index contributed by atoms with van der Waals surface area (Å²) in [4.78, 5) is 17.5. The smallest absolute Gasteiger partial charge is 0.272 e. The molecule has 1 atom stereocenters. The number of fused-ring (bicyclic) bond motifs is 1. The minimum Gasteiger partial charge on any atom is -0.493 e. The standard InChI is InChI=1S/C26H26N6O3/c1-5-35-21-11-10-18(12-22(21)34-4)19-13-23(33)29-25-24(19)16(3)31-32(25)26-28-20(14-27-30-26)17-8-6-15(2)7-9-17/h6-12,14,19H,5,13H2,1-4H3,(H,29,33)/t19-/m0/s1. The number of hydrogen-bond acceptors (Lipinski definition) is 7. The number of anilines is 1. The first kappa shape index (κ1) is 22.5. The molecule has 0 saturated heterocycles. The Morgan fingerprint density at radius 1 is 1.11 bits per heavy atom. The van der Waals surface area contributed by atoms with Crippen LogP contribution in [0.25, 0.3) is 17.2 Å². The first-order valence-electron chi connectivity index (χ1n) is 11.5. The number of nitrogens with zero attached hydrogens (tertiary/aromatic N) is 5. The number of nitrogens with one attached hydrogen (secondary N) is 1. The molecule has 0 fully saturated rings. The van der Waals surface area contributed by atoms with E-state index in [1.807, 2.05) is 63.2 Å². The van der Waals surface area contributed by atoms with Gasteiger partial charge in [-0.3, -0.25) is 4.79 Å². The fraction of sp³-hybridized carbons (Fsp3) is 0.269. The van der Waals surface area contributed by atoms with Crippen LogP contribution in [0.1, 0.15) is 41.6 Å². The molecule has 5 rings (SSSR count). The number of ether oxygens (including phenoxy) is 2. The van der Waals surface area contributed by atoms with Crippen molar-refractivity contribution < 1.29 is 14.3 Å². The highest BCUT2D eigenvalue weighted by Crippen LogP contribution is 2.42. The fourth-order valence-corrected chi connectivity index (χ4v) is 4.40. The van der Waals surface area contributed by atoms with E-state index in [1.54, 1.807) is 18.0 Å². The van der Waals surface area contributed by atoms with Gasteiger partial charge in [0.05, 0.1) is 31.3 Å². The molecule has 1 N–H and O–H groups in total. The second-order valence-corrected chi connectivity index (χ2v) is 8.42. The Kier molecular flexibility index (Phi) is 5.90. The summed E-state index contributed by atoms with van der Waals surface area (Å²) in [5.41, 5.74) is 5.39. The highest BCUT2D eigenvalue weighted by molar-refractivity contribution is 5.95. The molecule has 35 heavy (non-hydrogen) atoms. The third-order valence-corrected chi connectivity index (χ3v) is 6.08. The van der Waals surface area contributed by atoms with Gasteiger partial charge < -0.3 is 14.8 Å². The van der Waals surface area contributed by atoms with Crippen molar-refractivity contribution in [3.8, 4) is 28.7 Å². The largest absolute Gasteiger partial charge is 0.493 e. The number of rotatable bonds is 6. The number of amides is 1. The summed E-state index contributed by atoms with van der Waals surface area (Å²) in [6, 6.07) is 13.8. The van der Waals surface area contributed by atoms with Crippen molar-refractivity contribution in [2.24, 2.45) is 0 Å². The van der Waals surface area contributed by atoms with Gasteiger partial charge in [-0.1, -0.05) is 35.9 Å². The number of hydrogen-bond donors (Lipinski definition) is 1. The van der Waals surface area contributed by atoms with Gasteiger partial charge in [-0.2, -0.15) is 14.9 Å². The van der Waals surface area contributed by atoms with Crippen LogP contribution in [0.5, 0.6) is 11.5 Å². The van der Waals surface area contributed by atoms with Crippen LogP contribution in [0.3, 0.4) is 0 Å². The van der Waals surface area contributed by atoms with Crippen molar-refractivity contribution in [1.82, 2.24) is 25.0 Å². The van der Waals surface area contributed by atoms with E-state index < -0.39 is 0 Å². The summed E-state index contributed by atoms with van der Waals surface area (Å²) >= 11 is 0. The summed E-state index contributed by atoms with van der Waals surface area (Å²) in [5.74, 6) is 1.82. The lowest BCUT2D eigenvalue weighted by Gasteiger charge is -2.24. The van der Waals surface area contributed by atoms with Gasteiger partial charge in [0.15, 0.2) is 11.5 Å². The zero-order chi connectivity index (χ0) is 24.5. The summed E-state index contributed by atoms with van der Waals surface area (Å²) in [7, 11) is 1.61. The molecule has 0 bridgehead atoms. The maximum absolute atomic E-state index is 12.8. The fourth-order valence-electron chi connectivity index (χ4n) is 4.40. The van der Waals surface area contributed by atoms with Crippen LogP contribution in [0.2, 0.25) is 0 Å². The number of carbonyl (C=O) groups excluding carboxylic acids is 1. The van der Waals surface area contributed by atoms with Gasteiger partial charge >= 0.3 is 0 Å². The topological polar surface area (TPSA) is 104 Å². The van der Waals surface area contributed by atoms with E-state index in [0.29, 0.717) is 36.0 Å². The van der Waals surface area contributed by atoms with E-state index in [4.69, 9.17) is 14.6 Å². The Labute approximate surface area is 203 Å². The van der Waals surface area contributed by atoms with Crippen LogP contribution in [0.15, 0.2) is 48.7 Å². The predicted molar refractivity (Wildman–Crippen MR) is 131 cm³/mol. The lowest BCUT2D eigenvalue weighted by molar-refractivity contribution is -0.116. The Bertz CT molecular complexity index is 1400. The molecule has 1 amide bonds. The first-order chi connectivity index (χ1) is 17.0. The summed E-state index contributed by atoms with van der Waals surface area (Å²) in [5, 5.41) is 16.0. The monoisotopic (exact) mass is 470 g/mol. The average molecular weight is 471 g/mol.